The van der Waals surface area contributed by atoms with Crippen LogP contribution in [0.25, 0.3) is 0 Å². The van der Waals surface area contributed by atoms with E-state index in [1.165, 1.54) is 6.07 Å². The second-order valence-corrected chi connectivity index (χ2v) is 12.9. The molecule has 1 atom stereocenters. The monoisotopic (exact) mass is 672 g/mol. The van der Waals surface area contributed by atoms with Crippen molar-refractivity contribution in [1.82, 2.24) is 20.0 Å². The first-order valence-electron chi connectivity index (χ1n) is 16.7. The van der Waals surface area contributed by atoms with Crippen molar-refractivity contribution in [3.05, 3.63) is 88.9 Å². The Labute approximate surface area is 287 Å². The Bertz CT molecular complexity index is 1700. The maximum atomic E-state index is 15.3. The largest absolute Gasteiger partial charge is 0.489 e. The van der Waals surface area contributed by atoms with Crippen LogP contribution in [-0.2, 0) is 6.54 Å². The summed E-state index contributed by atoms with van der Waals surface area (Å²) < 4.78 is 38.0. The molecule has 1 unspecified atom stereocenters. The molecule has 1 fully saturated rings. The van der Waals surface area contributed by atoms with Gasteiger partial charge in [-0.15, -0.1) is 0 Å². The van der Waals surface area contributed by atoms with Crippen LogP contribution in [0.5, 0.6) is 23.0 Å². The first-order valence-corrected chi connectivity index (χ1v) is 16.7. The van der Waals surface area contributed by atoms with E-state index in [2.05, 4.69) is 39.3 Å². The van der Waals surface area contributed by atoms with Crippen LogP contribution in [0.15, 0.2) is 65.8 Å². The quantitative estimate of drug-likeness (QED) is 0.277. The SMILES string of the molecule is Cc1cc(C)c(OC(=O)NC2C=CN=C(Nc3ccc(OCCN4CCN(C(C)C)CC4)c(F)c3)N2Cc2ccc3c(c2)OCO3)c(C)c1. The zero-order chi connectivity index (χ0) is 34.5. The molecule has 0 aliphatic carbocycles. The standard InChI is InChI=1S/C37H45FN6O5/c1-24(2)43-14-12-42(13-15-43)16-17-46-31-9-7-29(21-30(31)38)40-36-39-11-10-34(41-37(45)49-35-26(4)18-25(3)19-27(35)5)44(36)22-28-6-8-32-33(20-28)48-23-47-32/h6-11,18-21,24,34H,12-17,22-23H2,1-5H3,(H,39,40)(H,41,45). The molecule has 12 heteroatoms. The summed E-state index contributed by atoms with van der Waals surface area (Å²) in [6, 6.07) is 14.9. The Kier molecular flexibility index (Phi) is 10.5. The number of halogens is 1. The van der Waals surface area contributed by atoms with Crippen LogP contribution in [0, 0.1) is 26.6 Å². The van der Waals surface area contributed by atoms with E-state index in [4.69, 9.17) is 18.9 Å². The number of nitrogens with one attached hydrogen (secondary N) is 2. The predicted molar refractivity (Wildman–Crippen MR) is 187 cm³/mol. The minimum atomic E-state index is -0.640. The van der Waals surface area contributed by atoms with Gasteiger partial charge in [-0.05, 0) is 81.7 Å². The summed E-state index contributed by atoms with van der Waals surface area (Å²) in [4.78, 5) is 24.5. The van der Waals surface area contributed by atoms with Gasteiger partial charge in [-0.1, -0.05) is 23.8 Å². The number of aliphatic imine (C=N–C) groups is 1. The number of anilines is 1. The smallest absolute Gasteiger partial charge is 0.414 e. The fraction of sp³-hybridized carbons (Fsp3) is 0.405. The molecule has 49 heavy (non-hydrogen) atoms. The van der Waals surface area contributed by atoms with Crippen molar-refractivity contribution < 1.29 is 28.1 Å². The average Bonchev–Trinajstić information content (AvgIpc) is 3.54. The molecule has 6 rings (SSSR count). The predicted octanol–water partition coefficient (Wildman–Crippen LogP) is 5.80. The highest BCUT2D eigenvalue weighted by molar-refractivity contribution is 5.95. The first kappa shape index (κ1) is 34.1. The van der Waals surface area contributed by atoms with E-state index >= 15 is 4.39 Å². The lowest BCUT2D eigenvalue weighted by atomic mass is 10.1. The second kappa shape index (κ2) is 15.2. The Hall–Kier alpha value is -4.81. The molecular weight excluding hydrogens is 627 g/mol. The summed E-state index contributed by atoms with van der Waals surface area (Å²) in [6.07, 6.45) is 2.10. The lowest BCUT2D eigenvalue weighted by molar-refractivity contribution is 0.0965. The number of nitrogens with zero attached hydrogens (tertiary/aromatic N) is 4. The number of ether oxygens (including phenoxy) is 4. The third-order valence-electron chi connectivity index (χ3n) is 8.92. The highest BCUT2D eigenvalue weighted by Crippen LogP contribution is 2.33. The molecule has 11 nitrogen and oxygen atoms in total. The number of piperazine rings is 1. The third kappa shape index (κ3) is 8.44. The normalized spacial score (nSPS) is 17.7. The van der Waals surface area contributed by atoms with Crippen LogP contribution in [-0.4, -0.2) is 85.1 Å². The second-order valence-electron chi connectivity index (χ2n) is 12.9. The summed E-state index contributed by atoms with van der Waals surface area (Å²) in [7, 11) is 0. The maximum absolute atomic E-state index is 15.3. The summed E-state index contributed by atoms with van der Waals surface area (Å²) in [5.74, 6) is 1.94. The summed E-state index contributed by atoms with van der Waals surface area (Å²) in [6.45, 7) is 15.9. The number of aryl methyl sites for hydroxylation is 3. The van der Waals surface area contributed by atoms with Gasteiger partial charge in [0, 0.05) is 63.3 Å². The molecule has 3 aromatic carbocycles. The van der Waals surface area contributed by atoms with Crippen molar-refractivity contribution in [3.8, 4) is 23.0 Å². The lowest BCUT2D eigenvalue weighted by Crippen LogP contribution is -2.53. The van der Waals surface area contributed by atoms with Crippen LogP contribution >= 0.6 is 0 Å². The van der Waals surface area contributed by atoms with Gasteiger partial charge in [-0.3, -0.25) is 15.1 Å². The number of amides is 1. The molecule has 0 radical (unpaired) electrons. The van der Waals surface area contributed by atoms with Crippen molar-refractivity contribution in [2.24, 2.45) is 4.99 Å². The number of hydrogen-bond donors (Lipinski definition) is 2. The van der Waals surface area contributed by atoms with E-state index in [-0.39, 0.29) is 12.5 Å². The molecule has 1 amide bonds. The van der Waals surface area contributed by atoms with Gasteiger partial charge < -0.3 is 29.2 Å². The topological polar surface area (TPSA) is 100 Å². The van der Waals surface area contributed by atoms with E-state index in [0.29, 0.717) is 48.1 Å². The fourth-order valence-corrected chi connectivity index (χ4v) is 6.33. The van der Waals surface area contributed by atoms with Gasteiger partial charge in [0.1, 0.15) is 18.5 Å². The highest BCUT2D eigenvalue weighted by Gasteiger charge is 2.27. The van der Waals surface area contributed by atoms with E-state index < -0.39 is 18.1 Å². The lowest BCUT2D eigenvalue weighted by Gasteiger charge is -2.36. The van der Waals surface area contributed by atoms with Crippen LogP contribution in [0.1, 0.15) is 36.1 Å². The molecule has 1 saturated heterocycles. The van der Waals surface area contributed by atoms with E-state index in [1.54, 1.807) is 24.4 Å². The van der Waals surface area contributed by atoms with Crippen molar-refractivity contribution >= 4 is 17.7 Å². The molecule has 3 aliphatic heterocycles. The van der Waals surface area contributed by atoms with Crippen LogP contribution in [0.4, 0.5) is 14.9 Å². The molecule has 0 aromatic heterocycles. The number of guanidine groups is 1. The fourth-order valence-electron chi connectivity index (χ4n) is 6.33. The summed E-state index contributed by atoms with van der Waals surface area (Å²) >= 11 is 0. The summed E-state index contributed by atoms with van der Waals surface area (Å²) in [5.41, 5.74) is 4.19. The number of hydrogen-bond acceptors (Lipinski definition) is 10. The molecule has 3 aliphatic rings. The van der Waals surface area contributed by atoms with Gasteiger partial charge in [0.2, 0.25) is 12.8 Å². The van der Waals surface area contributed by atoms with Crippen LogP contribution in [0.3, 0.4) is 0 Å². The average molecular weight is 673 g/mol. The van der Waals surface area contributed by atoms with Gasteiger partial charge >= 0.3 is 6.09 Å². The Morgan fingerprint density at radius 1 is 1.00 bits per heavy atom. The van der Waals surface area contributed by atoms with Crippen molar-refractivity contribution in [2.75, 3.05) is 51.4 Å². The van der Waals surface area contributed by atoms with Crippen LogP contribution < -0.4 is 29.6 Å². The Morgan fingerprint density at radius 3 is 2.49 bits per heavy atom. The number of rotatable bonds is 10. The van der Waals surface area contributed by atoms with Gasteiger partial charge in [0.05, 0.1) is 0 Å². The van der Waals surface area contributed by atoms with Gasteiger partial charge in [0.25, 0.3) is 0 Å². The number of fused-ring (bicyclic) bond motifs is 1. The molecule has 2 N–H and O–H groups in total. The Balaban J connectivity index is 1.13. The minimum absolute atomic E-state index is 0.161. The molecule has 0 saturated carbocycles. The number of carbonyl (C=O) groups is 1. The highest BCUT2D eigenvalue weighted by atomic mass is 19.1. The van der Waals surface area contributed by atoms with Crippen molar-refractivity contribution in [1.29, 1.82) is 0 Å². The van der Waals surface area contributed by atoms with Gasteiger partial charge in [0.15, 0.2) is 23.1 Å². The summed E-state index contributed by atoms with van der Waals surface area (Å²) in [5, 5.41) is 6.19. The molecule has 260 valence electrons. The number of benzene rings is 3. The van der Waals surface area contributed by atoms with Crippen molar-refractivity contribution in [2.45, 2.75) is 53.4 Å². The van der Waals surface area contributed by atoms with Gasteiger partial charge in [-0.25, -0.2) is 14.2 Å². The molecule has 0 bridgehead atoms. The first-order chi connectivity index (χ1) is 23.6. The van der Waals surface area contributed by atoms with E-state index in [9.17, 15) is 4.79 Å². The van der Waals surface area contributed by atoms with Crippen LogP contribution in [0.2, 0.25) is 0 Å². The minimum Gasteiger partial charge on any atom is -0.489 e. The zero-order valence-electron chi connectivity index (χ0n) is 28.8. The van der Waals surface area contributed by atoms with E-state index in [1.807, 2.05) is 56.0 Å². The maximum Gasteiger partial charge on any atom is 0.414 e. The van der Waals surface area contributed by atoms with E-state index in [0.717, 1.165) is 55.0 Å². The third-order valence-corrected chi connectivity index (χ3v) is 8.92. The molecular formula is C37H45FN6O5. The Morgan fingerprint density at radius 2 is 1.76 bits per heavy atom. The van der Waals surface area contributed by atoms with Crippen molar-refractivity contribution in [3.63, 3.8) is 0 Å². The molecule has 3 aromatic rings. The molecule has 3 heterocycles. The van der Waals surface area contributed by atoms with Gasteiger partial charge in [-0.2, -0.15) is 0 Å². The molecule has 0 spiro atoms. The zero-order valence-corrected chi connectivity index (χ0v) is 28.8. The number of carbonyl (C=O) groups excluding carboxylic acids is 1.